The maximum Gasteiger partial charge on any atom is 0.323 e. The number of carbonyl (C=O) groups is 2. The van der Waals surface area contributed by atoms with E-state index in [4.69, 9.17) is 4.74 Å². The lowest BCUT2D eigenvalue weighted by Gasteiger charge is -2.44. The van der Waals surface area contributed by atoms with E-state index in [2.05, 4.69) is 0 Å². The molecule has 1 aromatic carbocycles. The molecule has 22 heavy (non-hydrogen) atoms. The van der Waals surface area contributed by atoms with Crippen molar-refractivity contribution in [2.75, 3.05) is 6.61 Å². The highest BCUT2D eigenvalue weighted by Crippen LogP contribution is 2.29. The number of carboxylic acids is 1. The van der Waals surface area contributed by atoms with Crippen LogP contribution in [0.15, 0.2) is 30.3 Å². The van der Waals surface area contributed by atoms with Crippen molar-refractivity contribution in [2.45, 2.75) is 45.8 Å². The van der Waals surface area contributed by atoms with E-state index in [0.29, 0.717) is 19.6 Å². The third kappa shape index (κ3) is 4.07. The van der Waals surface area contributed by atoms with E-state index < -0.39 is 18.1 Å². The van der Waals surface area contributed by atoms with Crippen LogP contribution < -0.4 is 0 Å². The zero-order chi connectivity index (χ0) is 16.3. The maximum absolute atomic E-state index is 12.2. The number of carboxylic acid groups (broad SMARTS) is 1. The van der Waals surface area contributed by atoms with Crippen LogP contribution in [0.3, 0.4) is 0 Å². The van der Waals surface area contributed by atoms with Gasteiger partial charge in [0.25, 0.3) is 0 Å². The fourth-order valence-corrected chi connectivity index (χ4v) is 2.43. The monoisotopic (exact) mass is 305 g/mol. The van der Waals surface area contributed by atoms with Gasteiger partial charge in [-0.05, 0) is 17.4 Å². The molecule has 5 heteroatoms. The summed E-state index contributed by atoms with van der Waals surface area (Å²) in [5, 5.41) is 9.25. The van der Waals surface area contributed by atoms with Gasteiger partial charge in [0.1, 0.15) is 12.1 Å². The van der Waals surface area contributed by atoms with Crippen molar-refractivity contribution in [3.8, 4) is 0 Å². The standard InChI is InChI=1S/C17H23NO4/c1-17(2,3)11-22-16(21)14-9-13(15(19)20)18(14)10-12-7-5-4-6-8-12/h4-8,13-14H,9-11H2,1-3H3,(H,19,20). The number of rotatable bonds is 5. The molecule has 2 unspecified atom stereocenters. The fourth-order valence-electron chi connectivity index (χ4n) is 2.43. The summed E-state index contributed by atoms with van der Waals surface area (Å²) in [4.78, 5) is 25.2. The Bertz CT molecular complexity index is 535. The summed E-state index contributed by atoms with van der Waals surface area (Å²) in [6.07, 6.45) is 0.311. The van der Waals surface area contributed by atoms with E-state index in [1.54, 1.807) is 4.90 Å². The van der Waals surface area contributed by atoms with Gasteiger partial charge >= 0.3 is 11.9 Å². The van der Waals surface area contributed by atoms with Crippen molar-refractivity contribution < 1.29 is 19.4 Å². The number of carbonyl (C=O) groups excluding carboxylic acids is 1. The van der Waals surface area contributed by atoms with Crippen molar-refractivity contribution in [3.63, 3.8) is 0 Å². The first-order valence-corrected chi connectivity index (χ1v) is 7.47. The minimum Gasteiger partial charge on any atom is -0.480 e. The number of likely N-dealkylation sites (tertiary alicyclic amines) is 1. The van der Waals surface area contributed by atoms with Crippen molar-refractivity contribution in [1.29, 1.82) is 0 Å². The lowest BCUT2D eigenvalue weighted by atomic mass is 9.91. The molecule has 0 aliphatic carbocycles. The number of aliphatic carboxylic acids is 1. The molecule has 0 amide bonds. The van der Waals surface area contributed by atoms with Crippen LogP contribution in [0.4, 0.5) is 0 Å². The SMILES string of the molecule is CC(C)(C)COC(=O)C1CC(C(=O)O)N1Cc1ccccc1. The highest BCUT2D eigenvalue weighted by atomic mass is 16.5. The molecule has 1 saturated heterocycles. The van der Waals surface area contributed by atoms with Crippen LogP contribution in [0.2, 0.25) is 0 Å². The molecule has 2 rings (SSSR count). The third-order valence-electron chi connectivity index (χ3n) is 3.66. The number of hydrogen-bond acceptors (Lipinski definition) is 4. The Morgan fingerprint density at radius 3 is 2.41 bits per heavy atom. The van der Waals surface area contributed by atoms with Gasteiger partial charge in [0, 0.05) is 6.54 Å². The lowest BCUT2D eigenvalue weighted by molar-refractivity contribution is -0.170. The van der Waals surface area contributed by atoms with E-state index in [1.165, 1.54) is 0 Å². The second kappa shape index (κ2) is 6.48. The summed E-state index contributed by atoms with van der Waals surface area (Å²) in [6.45, 7) is 6.74. The van der Waals surface area contributed by atoms with Crippen molar-refractivity contribution in [2.24, 2.45) is 5.41 Å². The summed E-state index contributed by atoms with van der Waals surface area (Å²) in [5.74, 6) is -1.22. The topological polar surface area (TPSA) is 66.8 Å². The van der Waals surface area contributed by atoms with Crippen LogP contribution in [0.1, 0.15) is 32.8 Å². The molecule has 120 valence electrons. The average molecular weight is 305 g/mol. The number of benzene rings is 1. The predicted molar refractivity (Wildman–Crippen MR) is 82.2 cm³/mol. The van der Waals surface area contributed by atoms with Crippen LogP contribution in [0, 0.1) is 5.41 Å². The normalized spacial score (nSPS) is 22.0. The molecule has 1 N–H and O–H groups in total. The Labute approximate surface area is 130 Å². The van der Waals surface area contributed by atoms with Crippen LogP contribution in [0.5, 0.6) is 0 Å². The third-order valence-corrected chi connectivity index (χ3v) is 3.66. The quantitative estimate of drug-likeness (QED) is 0.846. The zero-order valence-electron chi connectivity index (χ0n) is 13.3. The second-order valence-electron chi connectivity index (χ2n) is 6.93. The van der Waals surface area contributed by atoms with Crippen LogP contribution in [0.25, 0.3) is 0 Å². The minimum absolute atomic E-state index is 0.101. The zero-order valence-corrected chi connectivity index (χ0v) is 13.3. The molecule has 0 radical (unpaired) electrons. The first-order valence-electron chi connectivity index (χ1n) is 7.47. The average Bonchev–Trinajstić information content (AvgIpc) is 2.41. The molecule has 5 nitrogen and oxygen atoms in total. The number of ether oxygens (including phenoxy) is 1. The van der Waals surface area contributed by atoms with Gasteiger partial charge in [-0.1, -0.05) is 51.1 Å². The molecule has 1 heterocycles. The molecular weight excluding hydrogens is 282 g/mol. The molecule has 1 aliphatic rings. The Balaban J connectivity index is 2.01. The predicted octanol–water partition coefficient (Wildman–Crippen LogP) is 2.30. The van der Waals surface area contributed by atoms with Crippen molar-refractivity contribution >= 4 is 11.9 Å². The van der Waals surface area contributed by atoms with Crippen LogP contribution in [-0.2, 0) is 20.9 Å². The van der Waals surface area contributed by atoms with Gasteiger partial charge < -0.3 is 9.84 Å². The summed E-state index contributed by atoms with van der Waals surface area (Å²) < 4.78 is 5.33. The van der Waals surface area contributed by atoms with Gasteiger partial charge in [0.15, 0.2) is 0 Å². The number of nitrogens with zero attached hydrogens (tertiary/aromatic N) is 1. The first-order chi connectivity index (χ1) is 10.3. The molecule has 0 saturated carbocycles. The maximum atomic E-state index is 12.2. The molecule has 0 bridgehead atoms. The Kier molecular flexibility index (Phi) is 4.86. The second-order valence-corrected chi connectivity index (χ2v) is 6.93. The summed E-state index contributed by atoms with van der Waals surface area (Å²) in [6, 6.07) is 8.47. The lowest BCUT2D eigenvalue weighted by Crippen LogP contribution is -2.62. The van der Waals surface area contributed by atoms with Gasteiger partial charge in [0.05, 0.1) is 6.61 Å². The Morgan fingerprint density at radius 2 is 1.86 bits per heavy atom. The molecule has 1 fully saturated rings. The summed E-state index contributed by atoms with van der Waals surface area (Å²) in [5.41, 5.74) is 0.887. The van der Waals surface area contributed by atoms with Crippen LogP contribution in [-0.4, -0.2) is 40.6 Å². The summed E-state index contributed by atoms with van der Waals surface area (Å²) >= 11 is 0. The van der Waals surface area contributed by atoms with E-state index >= 15 is 0 Å². The van der Waals surface area contributed by atoms with Gasteiger partial charge in [0.2, 0.25) is 0 Å². The van der Waals surface area contributed by atoms with Crippen molar-refractivity contribution in [1.82, 2.24) is 4.90 Å². The highest BCUT2D eigenvalue weighted by molar-refractivity contribution is 5.83. The molecule has 0 aromatic heterocycles. The largest absolute Gasteiger partial charge is 0.480 e. The smallest absolute Gasteiger partial charge is 0.323 e. The van der Waals surface area contributed by atoms with Gasteiger partial charge in [-0.15, -0.1) is 0 Å². The van der Waals surface area contributed by atoms with Gasteiger partial charge in [-0.25, -0.2) is 0 Å². The van der Waals surface area contributed by atoms with E-state index in [-0.39, 0.29) is 11.4 Å². The Morgan fingerprint density at radius 1 is 1.23 bits per heavy atom. The molecule has 1 aromatic rings. The van der Waals surface area contributed by atoms with E-state index in [1.807, 2.05) is 51.1 Å². The highest BCUT2D eigenvalue weighted by Gasteiger charge is 2.47. The van der Waals surface area contributed by atoms with Crippen molar-refractivity contribution in [3.05, 3.63) is 35.9 Å². The van der Waals surface area contributed by atoms with E-state index in [0.717, 1.165) is 5.56 Å². The Hall–Kier alpha value is -1.88. The molecule has 1 aliphatic heterocycles. The summed E-state index contributed by atoms with van der Waals surface area (Å²) in [7, 11) is 0. The number of esters is 1. The first kappa shape index (κ1) is 16.5. The van der Waals surface area contributed by atoms with Crippen LogP contribution >= 0.6 is 0 Å². The van der Waals surface area contributed by atoms with Gasteiger partial charge in [-0.3, -0.25) is 14.5 Å². The number of hydrogen-bond donors (Lipinski definition) is 1. The molecule has 0 spiro atoms. The molecule has 2 atom stereocenters. The minimum atomic E-state index is -0.893. The fraction of sp³-hybridized carbons (Fsp3) is 0.529. The molecular formula is C17H23NO4. The van der Waals surface area contributed by atoms with Gasteiger partial charge in [-0.2, -0.15) is 0 Å². The van der Waals surface area contributed by atoms with E-state index in [9.17, 15) is 14.7 Å².